The fourth-order valence-corrected chi connectivity index (χ4v) is 5.92. The molecular formula is C19H22N2O8S. The molecule has 10 nitrogen and oxygen atoms in total. The molecule has 0 aliphatic carbocycles. The van der Waals surface area contributed by atoms with E-state index in [1.807, 2.05) is 0 Å². The third-order valence-corrected chi connectivity index (χ3v) is 7.42. The largest absolute Gasteiger partial charge is 0.493 e. The summed E-state index contributed by atoms with van der Waals surface area (Å²) in [5, 5.41) is 2.73. The number of cyclic esters (lactones) is 1. The number of hydrogen-bond acceptors (Lipinski definition) is 8. The lowest BCUT2D eigenvalue weighted by molar-refractivity contribution is -0.145. The average molecular weight is 438 g/mol. The van der Waals surface area contributed by atoms with Gasteiger partial charge in [0.05, 0.1) is 25.7 Å². The summed E-state index contributed by atoms with van der Waals surface area (Å²) in [5.41, 5.74) is 0.566. The predicted molar refractivity (Wildman–Crippen MR) is 103 cm³/mol. The summed E-state index contributed by atoms with van der Waals surface area (Å²) < 4.78 is 39.3. The van der Waals surface area contributed by atoms with Crippen molar-refractivity contribution in [3.8, 4) is 11.5 Å². The van der Waals surface area contributed by atoms with E-state index in [0.717, 1.165) is 0 Å². The number of amides is 2. The first-order valence-electron chi connectivity index (χ1n) is 9.53. The van der Waals surface area contributed by atoms with Gasteiger partial charge in [0, 0.05) is 18.0 Å². The monoisotopic (exact) mass is 438 g/mol. The maximum absolute atomic E-state index is 12.9. The molecule has 1 aromatic carbocycles. The Morgan fingerprint density at radius 1 is 1.20 bits per heavy atom. The quantitative estimate of drug-likeness (QED) is 0.644. The van der Waals surface area contributed by atoms with Gasteiger partial charge < -0.3 is 19.5 Å². The number of nitrogens with zero attached hydrogens (tertiary/aromatic N) is 1. The van der Waals surface area contributed by atoms with Crippen LogP contribution in [0, 0.1) is 0 Å². The van der Waals surface area contributed by atoms with Crippen LogP contribution in [0.5, 0.6) is 11.5 Å². The first-order chi connectivity index (χ1) is 14.3. The van der Waals surface area contributed by atoms with E-state index in [0.29, 0.717) is 17.7 Å². The van der Waals surface area contributed by atoms with Gasteiger partial charge in [0.2, 0.25) is 18.0 Å². The van der Waals surface area contributed by atoms with E-state index in [4.69, 9.17) is 14.2 Å². The maximum atomic E-state index is 12.9. The van der Waals surface area contributed by atoms with Crippen molar-refractivity contribution in [3.63, 3.8) is 0 Å². The number of ether oxygens (including phenoxy) is 3. The van der Waals surface area contributed by atoms with Crippen LogP contribution in [0.2, 0.25) is 0 Å². The molecule has 0 unspecified atom stereocenters. The summed E-state index contributed by atoms with van der Waals surface area (Å²) in [6, 6.07) is 1.86. The number of fused-ring (bicyclic) bond motifs is 1. The molecule has 3 aliphatic rings. The van der Waals surface area contributed by atoms with Crippen LogP contribution in [0.25, 0.3) is 0 Å². The summed E-state index contributed by atoms with van der Waals surface area (Å²) >= 11 is 0. The van der Waals surface area contributed by atoms with E-state index in [9.17, 15) is 22.8 Å². The number of carbonyl (C=O) groups is 3. The number of benzene rings is 1. The highest BCUT2D eigenvalue weighted by molar-refractivity contribution is 7.91. The van der Waals surface area contributed by atoms with Crippen molar-refractivity contribution >= 4 is 27.6 Å². The Bertz CT molecular complexity index is 1020. The lowest BCUT2D eigenvalue weighted by Gasteiger charge is -2.29. The second kappa shape index (κ2) is 7.46. The molecule has 0 bridgehead atoms. The molecule has 3 atom stereocenters. The molecule has 2 amide bonds. The average Bonchev–Trinajstić information content (AvgIpc) is 3.35. The van der Waals surface area contributed by atoms with Crippen LogP contribution in [0.3, 0.4) is 0 Å². The maximum Gasteiger partial charge on any atom is 0.344 e. The molecule has 2 fully saturated rings. The molecule has 30 heavy (non-hydrogen) atoms. The van der Waals surface area contributed by atoms with Gasteiger partial charge in [-0.05, 0) is 25.0 Å². The summed E-state index contributed by atoms with van der Waals surface area (Å²) in [6.45, 7) is 0. The van der Waals surface area contributed by atoms with E-state index in [-0.39, 0.29) is 41.6 Å². The number of likely N-dealkylation sites (tertiary alicyclic amines) is 1. The first kappa shape index (κ1) is 20.5. The molecule has 162 valence electrons. The Balaban J connectivity index is 1.61. The minimum atomic E-state index is -3.16. The number of carbonyl (C=O) groups excluding carboxylic acids is 3. The molecule has 1 N–H and O–H groups in total. The second-order valence-corrected chi connectivity index (χ2v) is 9.72. The molecule has 0 spiro atoms. The fraction of sp³-hybridized carbons (Fsp3) is 0.526. The van der Waals surface area contributed by atoms with Gasteiger partial charge in [-0.1, -0.05) is 0 Å². The van der Waals surface area contributed by atoms with Gasteiger partial charge in [0.25, 0.3) is 0 Å². The predicted octanol–water partition coefficient (Wildman–Crippen LogP) is 0.167. The summed E-state index contributed by atoms with van der Waals surface area (Å²) in [5.74, 6) is -0.989. The van der Waals surface area contributed by atoms with Crippen LogP contribution < -0.4 is 14.8 Å². The van der Waals surface area contributed by atoms with Crippen molar-refractivity contribution in [3.05, 3.63) is 23.3 Å². The van der Waals surface area contributed by atoms with Crippen LogP contribution in [-0.2, 0) is 24.2 Å². The van der Waals surface area contributed by atoms with Crippen LogP contribution in [-0.4, -0.2) is 68.9 Å². The van der Waals surface area contributed by atoms with Gasteiger partial charge in [-0.3, -0.25) is 14.5 Å². The number of esters is 1. The van der Waals surface area contributed by atoms with Crippen molar-refractivity contribution in [1.29, 1.82) is 0 Å². The minimum absolute atomic E-state index is 0.0283. The number of rotatable bonds is 5. The lowest BCUT2D eigenvalue weighted by Crippen LogP contribution is -2.49. The highest BCUT2D eigenvalue weighted by Crippen LogP contribution is 2.45. The third kappa shape index (κ3) is 3.36. The van der Waals surface area contributed by atoms with Gasteiger partial charge >= 0.3 is 5.97 Å². The Labute approximate surface area is 173 Å². The van der Waals surface area contributed by atoms with Gasteiger partial charge in [-0.2, -0.15) is 0 Å². The van der Waals surface area contributed by atoms with Crippen molar-refractivity contribution in [2.45, 2.75) is 37.6 Å². The standard InChI is InChI=1S/C19H22N2O8S/c1-27-13-5-3-11-15(16(13)28-2)19(24)29-18(11)21-12(4-6-14(21)22)17(23)20-10-7-8-30(25,26)9-10/h3,5,10,12,18H,4,6-9H2,1-2H3,(H,20,23)/t10-,12-,18-/m1/s1. The molecule has 1 aromatic rings. The zero-order chi connectivity index (χ0) is 21.6. The Morgan fingerprint density at radius 3 is 2.60 bits per heavy atom. The van der Waals surface area contributed by atoms with Gasteiger partial charge in [0.1, 0.15) is 11.6 Å². The van der Waals surface area contributed by atoms with Crippen LogP contribution in [0.1, 0.15) is 41.4 Å². The van der Waals surface area contributed by atoms with E-state index in [1.165, 1.54) is 19.1 Å². The van der Waals surface area contributed by atoms with Crippen LogP contribution in [0.15, 0.2) is 12.1 Å². The molecule has 11 heteroatoms. The minimum Gasteiger partial charge on any atom is -0.493 e. The van der Waals surface area contributed by atoms with Gasteiger partial charge in [-0.15, -0.1) is 0 Å². The highest BCUT2D eigenvalue weighted by Gasteiger charge is 2.48. The Kier molecular flexibility index (Phi) is 5.08. The van der Waals surface area contributed by atoms with Gasteiger partial charge in [0.15, 0.2) is 21.3 Å². The Hall–Kier alpha value is -2.82. The van der Waals surface area contributed by atoms with Crippen molar-refractivity contribution in [1.82, 2.24) is 10.2 Å². The molecule has 0 aromatic heterocycles. The molecule has 3 heterocycles. The lowest BCUT2D eigenvalue weighted by atomic mass is 10.0. The van der Waals surface area contributed by atoms with Crippen molar-refractivity contribution in [2.24, 2.45) is 0 Å². The normalized spacial score (nSPS) is 27.0. The molecule has 0 radical (unpaired) electrons. The number of nitrogens with one attached hydrogen (secondary N) is 1. The number of hydrogen-bond donors (Lipinski definition) is 1. The Morgan fingerprint density at radius 2 is 1.97 bits per heavy atom. The van der Waals surface area contributed by atoms with Crippen molar-refractivity contribution < 1.29 is 37.0 Å². The van der Waals surface area contributed by atoms with Crippen LogP contribution >= 0.6 is 0 Å². The number of sulfone groups is 1. The van der Waals surface area contributed by atoms with E-state index < -0.39 is 40.0 Å². The SMILES string of the molecule is COc1ccc2c(c1OC)C(=O)O[C@H]2N1C(=O)CC[C@@H]1C(=O)N[C@@H]1CCS(=O)(=O)C1. The molecule has 2 saturated heterocycles. The topological polar surface area (TPSA) is 128 Å². The molecule has 0 saturated carbocycles. The van der Waals surface area contributed by atoms with Crippen LogP contribution in [0.4, 0.5) is 0 Å². The summed E-state index contributed by atoms with van der Waals surface area (Å²) in [6.07, 6.45) is -0.351. The molecular weight excluding hydrogens is 416 g/mol. The van der Waals surface area contributed by atoms with E-state index in [1.54, 1.807) is 12.1 Å². The molecule has 3 aliphatic heterocycles. The fourth-order valence-electron chi connectivity index (χ4n) is 4.25. The number of methoxy groups -OCH3 is 2. The van der Waals surface area contributed by atoms with Crippen molar-refractivity contribution in [2.75, 3.05) is 25.7 Å². The smallest absolute Gasteiger partial charge is 0.344 e. The third-order valence-electron chi connectivity index (χ3n) is 5.66. The first-order valence-corrected chi connectivity index (χ1v) is 11.4. The van der Waals surface area contributed by atoms with Gasteiger partial charge in [-0.25, -0.2) is 13.2 Å². The summed E-state index contributed by atoms with van der Waals surface area (Å²) in [4.78, 5) is 39.3. The highest BCUT2D eigenvalue weighted by atomic mass is 32.2. The second-order valence-electron chi connectivity index (χ2n) is 7.49. The van der Waals surface area contributed by atoms with E-state index in [2.05, 4.69) is 5.32 Å². The summed E-state index contributed by atoms with van der Waals surface area (Å²) in [7, 11) is -0.322. The van der Waals surface area contributed by atoms with E-state index >= 15 is 0 Å². The zero-order valence-electron chi connectivity index (χ0n) is 16.5. The zero-order valence-corrected chi connectivity index (χ0v) is 17.4. The molecule has 4 rings (SSSR count).